The van der Waals surface area contributed by atoms with Gasteiger partial charge in [0.2, 0.25) is 5.91 Å². The van der Waals surface area contributed by atoms with E-state index in [9.17, 15) is 4.79 Å². The van der Waals surface area contributed by atoms with Gasteiger partial charge in [0.05, 0.1) is 11.4 Å². The van der Waals surface area contributed by atoms with Gasteiger partial charge in [-0.15, -0.1) is 12.4 Å². The normalized spacial score (nSPS) is 19.5. The van der Waals surface area contributed by atoms with E-state index in [0.29, 0.717) is 19.0 Å². The number of nitrogens with one attached hydrogen (secondary N) is 1. The summed E-state index contributed by atoms with van der Waals surface area (Å²) in [5.74, 6) is 0.526. The fourth-order valence-electron chi connectivity index (χ4n) is 3.72. The van der Waals surface area contributed by atoms with Crippen molar-refractivity contribution < 1.29 is 4.79 Å². The number of benzene rings is 1. The smallest absolute Gasteiger partial charge is 0.223 e. The van der Waals surface area contributed by atoms with Gasteiger partial charge in [-0.3, -0.25) is 4.79 Å². The molecule has 1 saturated carbocycles. The highest BCUT2D eigenvalue weighted by Gasteiger charge is 2.31. The van der Waals surface area contributed by atoms with Crippen LogP contribution in [0.25, 0.3) is 5.69 Å². The zero-order chi connectivity index (χ0) is 17.1. The lowest BCUT2D eigenvalue weighted by atomic mass is 9.95. The van der Waals surface area contributed by atoms with E-state index in [1.807, 2.05) is 42.8 Å². The Morgan fingerprint density at radius 1 is 1.32 bits per heavy atom. The number of halogens is 1. The van der Waals surface area contributed by atoms with Gasteiger partial charge in [0.25, 0.3) is 0 Å². The Kier molecular flexibility index (Phi) is 6.62. The van der Waals surface area contributed by atoms with E-state index in [2.05, 4.69) is 16.5 Å². The van der Waals surface area contributed by atoms with Gasteiger partial charge >= 0.3 is 0 Å². The van der Waals surface area contributed by atoms with Crippen molar-refractivity contribution in [2.45, 2.75) is 39.7 Å². The molecule has 0 bridgehead atoms. The highest BCUT2D eigenvalue weighted by molar-refractivity contribution is 5.85. The Bertz CT molecular complexity index is 728. The summed E-state index contributed by atoms with van der Waals surface area (Å²) in [5, 5.41) is 7.66. The molecule has 0 radical (unpaired) electrons. The molecule has 2 aromatic rings. The number of hydrogen-bond acceptors (Lipinski definition) is 3. The van der Waals surface area contributed by atoms with Crippen molar-refractivity contribution in [3.05, 3.63) is 47.3 Å². The second kappa shape index (κ2) is 8.50. The molecule has 1 aliphatic rings. The minimum absolute atomic E-state index is 0. The SMILES string of the molecule is Cc1cc(C)n(-c2ccccc2CNC(=O)[C@@H]2CCC[C@@H]2CN)n1.Cl. The number of para-hydroxylation sites is 1. The highest BCUT2D eigenvalue weighted by Crippen LogP contribution is 2.31. The number of hydrogen-bond donors (Lipinski definition) is 2. The van der Waals surface area contributed by atoms with Crippen molar-refractivity contribution in [2.75, 3.05) is 6.54 Å². The summed E-state index contributed by atoms with van der Waals surface area (Å²) < 4.78 is 1.94. The number of aryl methyl sites for hydroxylation is 2. The molecule has 0 saturated heterocycles. The monoisotopic (exact) mass is 362 g/mol. The molecule has 0 spiro atoms. The van der Waals surface area contributed by atoms with Gasteiger partial charge < -0.3 is 11.1 Å². The highest BCUT2D eigenvalue weighted by atomic mass is 35.5. The number of carbonyl (C=O) groups is 1. The number of carbonyl (C=O) groups excluding carboxylic acids is 1. The largest absolute Gasteiger partial charge is 0.352 e. The van der Waals surface area contributed by atoms with E-state index in [1.54, 1.807) is 0 Å². The molecule has 1 heterocycles. The van der Waals surface area contributed by atoms with E-state index in [4.69, 9.17) is 5.73 Å². The number of rotatable bonds is 5. The van der Waals surface area contributed by atoms with Crippen LogP contribution in [-0.2, 0) is 11.3 Å². The standard InChI is InChI=1S/C19H26N4O.ClH/c1-13-10-14(2)23(22-13)18-9-4-3-6-16(18)12-21-19(24)17-8-5-7-15(17)11-20;/h3-4,6,9-10,15,17H,5,7-8,11-12,20H2,1-2H3,(H,21,24);1H/t15-,17-;/m1./s1. The van der Waals surface area contributed by atoms with Crippen LogP contribution in [0.2, 0.25) is 0 Å². The van der Waals surface area contributed by atoms with Gasteiger partial charge in [0, 0.05) is 18.2 Å². The van der Waals surface area contributed by atoms with E-state index in [1.165, 1.54) is 0 Å². The molecule has 25 heavy (non-hydrogen) atoms. The van der Waals surface area contributed by atoms with Gasteiger partial charge in [-0.2, -0.15) is 5.10 Å². The first-order chi connectivity index (χ1) is 11.6. The second-order valence-electron chi connectivity index (χ2n) is 6.72. The zero-order valence-corrected chi connectivity index (χ0v) is 15.7. The van der Waals surface area contributed by atoms with Gasteiger partial charge in [0.15, 0.2) is 0 Å². The Labute approximate surface area is 155 Å². The Hall–Kier alpha value is -1.85. The number of nitrogens with two attached hydrogens (primary N) is 1. The first kappa shape index (κ1) is 19.5. The van der Waals surface area contributed by atoms with Gasteiger partial charge in [0.1, 0.15) is 0 Å². The quantitative estimate of drug-likeness (QED) is 0.858. The van der Waals surface area contributed by atoms with Crippen LogP contribution in [0.1, 0.15) is 36.2 Å². The molecule has 2 atom stereocenters. The van der Waals surface area contributed by atoms with E-state index < -0.39 is 0 Å². The molecule has 6 heteroatoms. The molecule has 1 aromatic carbocycles. The second-order valence-corrected chi connectivity index (χ2v) is 6.72. The summed E-state index contributed by atoms with van der Waals surface area (Å²) in [6.07, 6.45) is 3.12. The van der Waals surface area contributed by atoms with Crippen LogP contribution in [0.5, 0.6) is 0 Å². The molecule has 1 aromatic heterocycles. The molecular weight excluding hydrogens is 336 g/mol. The lowest BCUT2D eigenvalue weighted by Gasteiger charge is -2.18. The van der Waals surface area contributed by atoms with Crippen molar-refractivity contribution >= 4 is 18.3 Å². The lowest BCUT2D eigenvalue weighted by molar-refractivity contribution is -0.126. The zero-order valence-electron chi connectivity index (χ0n) is 14.9. The predicted octanol–water partition coefficient (Wildman–Crippen LogP) is 2.90. The summed E-state index contributed by atoms with van der Waals surface area (Å²) >= 11 is 0. The molecule has 1 fully saturated rings. The summed E-state index contributed by atoms with van der Waals surface area (Å²) in [7, 11) is 0. The number of aromatic nitrogens is 2. The summed E-state index contributed by atoms with van der Waals surface area (Å²) in [4.78, 5) is 12.5. The van der Waals surface area contributed by atoms with E-state index in [-0.39, 0.29) is 24.2 Å². The molecule has 3 N–H and O–H groups in total. The average Bonchev–Trinajstić information content (AvgIpc) is 3.18. The molecule has 5 nitrogen and oxygen atoms in total. The minimum Gasteiger partial charge on any atom is -0.352 e. The van der Waals surface area contributed by atoms with Crippen LogP contribution in [0, 0.1) is 25.7 Å². The van der Waals surface area contributed by atoms with Crippen LogP contribution < -0.4 is 11.1 Å². The van der Waals surface area contributed by atoms with Gasteiger partial charge in [-0.05, 0) is 56.8 Å². The van der Waals surface area contributed by atoms with Crippen molar-refractivity contribution in [1.82, 2.24) is 15.1 Å². The van der Waals surface area contributed by atoms with Crippen LogP contribution in [0.15, 0.2) is 30.3 Å². The van der Waals surface area contributed by atoms with Crippen LogP contribution in [-0.4, -0.2) is 22.2 Å². The third-order valence-corrected chi connectivity index (χ3v) is 4.98. The first-order valence-corrected chi connectivity index (χ1v) is 8.69. The number of nitrogens with zero attached hydrogens (tertiary/aromatic N) is 2. The molecule has 0 aliphatic heterocycles. The van der Waals surface area contributed by atoms with Crippen molar-refractivity contribution in [3.8, 4) is 5.69 Å². The Balaban J connectivity index is 0.00000225. The lowest BCUT2D eigenvalue weighted by Crippen LogP contribution is -2.34. The van der Waals surface area contributed by atoms with Gasteiger partial charge in [-0.25, -0.2) is 4.68 Å². The maximum atomic E-state index is 12.5. The third-order valence-electron chi connectivity index (χ3n) is 4.98. The summed E-state index contributed by atoms with van der Waals surface area (Å²) in [6.45, 7) is 5.14. The molecule has 1 aliphatic carbocycles. The van der Waals surface area contributed by atoms with Crippen LogP contribution >= 0.6 is 12.4 Å². The maximum absolute atomic E-state index is 12.5. The fourth-order valence-corrected chi connectivity index (χ4v) is 3.72. The maximum Gasteiger partial charge on any atom is 0.223 e. The molecule has 136 valence electrons. The molecular formula is C19H27ClN4O. The molecule has 1 amide bonds. The Morgan fingerprint density at radius 3 is 2.76 bits per heavy atom. The summed E-state index contributed by atoms with van der Waals surface area (Å²) in [6, 6.07) is 10.1. The van der Waals surface area contributed by atoms with Crippen LogP contribution in [0.3, 0.4) is 0 Å². The molecule has 3 rings (SSSR count). The van der Waals surface area contributed by atoms with E-state index >= 15 is 0 Å². The summed E-state index contributed by atoms with van der Waals surface area (Å²) in [5.41, 5.74) is 9.96. The first-order valence-electron chi connectivity index (χ1n) is 8.69. The third kappa shape index (κ3) is 4.22. The topological polar surface area (TPSA) is 72.9 Å². The number of amides is 1. The fraction of sp³-hybridized carbons (Fsp3) is 0.474. The van der Waals surface area contributed by atoms with Crippen molar-refractivity contribution in [3.63, 3.8) is 0 Å². The minimum atomic E-state index is 0. The van der Waals surface area contributed by atoms with E-state index in [0.717, 1.165) is 41.9 Å². The Morgan fingerprint density at radius 2 is 2.08 bits per heavy atom. The average molecular weight is 363 g/mol. The van der Waals surface area contributed by atoms with Gasteiger partial charge in [-0.1, -0.05) is 24.6 Å². The predicted molar refractivity (Wildman–Crippen MR) is 102 cm³/mol. The van der Waals surface area contributed by atoms with Crippen LogP contribution in [0.4, 0.5) is 0 Å². The van der Waals surface area contributed by atoms with Crippen molar-refractivity contribution in [1.29, 1.82) is 0 Å². The molecule has 0 unspecified atom stereocenters. The van der Waals surface area contributed by atoms with Crippen molar-refractivity contribution in [2.24, 2.45) is 17.6 Å².